The summed E-state index contributed by atoms with van der Waals surface area (Å²) < 4.78 is 6.57. The molecule has 2 aromatic carbocycles. The van der Waals surface area contributed by atoms with E-state index in [-0.39, 0.29) is 5.91 Å². The molecule has 0 aliphatic carbocycles. The van der Waals surface area contributed by atoms with Gasteiger partial charge in [-0.2, -0.15) is 5.26 Å². The predicted octanol–water partition coefficient (Wildman–Crippen LogP) is 4.07. The van der Waals surface area contributed by atoms with Gasteiger partial charge in [0.2, 0.25) is 5.91 Å². The number of hydrogen-bond acceptors (Lipinski definition) is 4. The highest BCUT2D eigenvalue weighted by molar-refractivity contribution is 9.10. The Kier molecular flexibility index (Phi) is 6.98. The number of nitrogens with zero attached hydrogens (tertiary/aromatic N) is 1. The number of benzene rings is 2. The Hall–Kier alpha value is -1.97. The first-order valence-corrected chi connectivity index (χ1v) is 8.88. The first kappa shape index (κ1) is 17.4. The molecule has 0 fully saturated rings. The lowest BCUT2D eigenvalue weighted by Gasteiger charge is -2.07. The molecule has 0 unspecified atom stereocenters. The molecule has 0 radical (unpaired) electrons. The zero-order chi connectivity index (χ0) is 16.5. The van der Waals surface area contributed by atoms with Crippen LogP contribution in [-0.2, 0) is 4.79 Å². The van der Waals surface area contributed by atoms with E-state index in [0.29, 0.717) is 23.6 Å². The van der Waals surface area contributed by atoms with Gasteiger partial charge >= 0.3 is 0 Å². The van der Waals surface area contributed by atoms with Crippen molar-refractivity contribution < 1.29 is 9.53 Å². The highest BCUT2D eigenvalue weighted by atomic mass is 79.9. The Balaban J connectivity index is 1.66. The van der Waals surface area contributed by atoms with Crippen LogP contribution in [0.1, 0.15) is 5.56 Å². The lowest BCUT2D eigenvalue weighted by molar-refractivity contribution is -0.113. The zero-order valence-electron chi connectivity index (χ0n) is 12.3. The van der Waals surface area contributed by atoms with Crippen molar-refractivity contribution >= 4 is 39.3 Å². The molecule has 4 nitrogen and oxygen atoms in total. The topological polar surface area (TPSA) is 62.1 Å². The second kappa shape index (κ2) is 9.23. The van der Waals surface area contributed by atoms with Crippen molar-refractivity contribution in [2.45, 2.75) is 0 Å². The summed E-state index contributed by atoms with van der Waals surface area (Å²) in [5.41, 5.74) is 1.16. The third kappa shape index (κ3) is 6.35. The van der Waals surface area contributed by atoms with Crippen molar-refractivity contribution in [2.75, 3.05) is 23.4 Å². The Morgan fingerprint density at radius 2 is 2.09 bits per heavy atom. The number of rotatable bonds is 7. The number of anilines is 1. The van der Waals surface area contributed by atoms with Gasteiger partial charge in [0.25, 0.3) is 0 Å². The third-order valence-electron chi connectivity index (χ3n) is 2.80. The summed E-state index contributed by atoms with van der Waals surface area (Å²) in [6.45, 7) is 0.540. The molecule has 1 N–H and O–H groups in total. The van der Waals surface area contributed by atoms with Crippen LogP contribution in [0.2, 0.25) is 0 Å². The summed E-state index contributed by atoms with van der Waals surface area (Å²) in [5, 5.41) is 11.6. The van der Waals surface area contributed by atoms with Crippen LogP contribution in [0.4, 0.5) is 5.69 Å². The van der Waals surface area contributed by atoms with Crippen LogP contribution in [0.5, 0.6) is 5.75 Å². The summed E-state index contributed by atoms with van der Waals surface area (Å²) in [7, 11) is 0. The smallest absolute Gasteiger partial charge is 0.234 e. The lowest BCUT2D eigenvalue weighted by atomic mass is 10.2. The predicted molar refractivity (Wildman–Crippen MR) is 96.7 cm³/mol. The maximum absolute atomic E-state index is 11.8. The fraction of sp³-hybridized carbons (Fsp3) is 0.176. The Morgan fingerprint density at radius 3 is 2.87 bits per heavy atom. The summed E-state index contributed by atoms with van der Waals surface area (Å²) in [5.74, 6) is 1.78. The minimum Gasteiger partial charge on any atom is -0.493 e. The van der Waals surface area contributed by atoms with E-state index in [2.05, 4.69) is 21.2 Å². The van der Waals surface area contributed by atoms with Crippen molar-refractivity contribution in [3.8, 4) is 11.8 Å². The number of amides is 1. The molecule has 0 aliphatic rings. The normalized spacial score (nSPS) is 9.91. The van der Waals surface area contributed by atoms with Gasteiger partial charge in [0.1, 0.15) is 5.75 Å². The SMILES string of the molecule is N#Cc1cccc(NC(=O)CSCCOc2cccc(Br)c2)c1. The summed E-state index contributed by atoms with van der Waals surface area (Å²) in [4.78, 5) is 11.8. The van der Waals surface area contributed by atoms with Crippen molar-refractivity contribution in [1.29, 1.82) is 5.26 Å². The van der Waals surface area contributed by atoms with E-state index in [0.717, 1.165) is 16.0 Å². The molecular formula is C17H15BrN2O2S. The number of thioether (sulfide) groups is 1. The molecule has 0 atom stereocenters. The van der Waals surface area contributed by atoms with Gasteiger partial charge < -0.3 is 10.1 Å². The van der Waals surface area contributed by atoms with Crippen molar-refractivity contribution in [3.63, 3.8) is 0 Å². The third-order valence-corrected chi connectivity index (χ3v) is 4.22. The Morgan fingerprint density at radius 1 is 1.26 bits per heavy atom. The number of nitrogens with one attached hydrogen (secondary N) is 1. The molecule has 0 spiro atoms. The summed E-state index contributed by atoms with van der Waals surface area (Å²) in [6, 6.07) is 16.5. The van der Waals surface area contributed by atoms with Gasteiger partial charge in [-0.05, 0) is 36.4 Å². The molecule has 0 saturated heterocycles. The number of hydrogen-bond donors (Lipinski definition) is 1. The van der Waals surface area contributed by atoms with Crippen molar-refractivity contribution in [2.24, 2.45) is 0 Å². The monoisotopic (exact) mass is 390 g/mol. The average molecular weight is 391 g/mol. The van der Waals surface area contributed by atoms with Gasteiger partial charge in [0.05, 0.1) is 24.0 Å². The number of carbonyl (C=O) groups is 1. The van der Waals surface area contributed by atoms with Crippen LogP contribution in [0.3, 0.4) is 0 Å². The van der Waals surface area contributed by atoms with E-state index in [4.69, 9.17) is 10.00 Å². The zero-order valence-corrected chi connectivity index (χ0v) is 14.7. The minimum atomic E-state index is -0.0902. The molecule has 6 heteroatoms. The second-order valence-electron chi connectivity index (χ2n) is 4.60. The largest absolute Gasteiger partial charge is 0.493 e. The summed E-state index contributed by atoms with van der Waals surface area (Å²) >= 11 is 4.89. The van der Waals surface area contributed by atoms with Crippen LogP contribution >= 0.6 is 27.7 Å². The lowest BCUT2D eigenvalue weighted by Crippen LogP contribution is -2.15. The van der Waals surface area contributed by atoms with E-state index < -0.39 is 0 Å². The van der Waals surface area contributed by atoms with Crippen molar-refractivity contribution in [3.05, 3.63) is 58.6 Å². The van der Waals surface area contributed by atoms with Gasteiger partial charge in [0, 0.05) is 15.9 Å². The fourth-order valence-electron chi connectivity index (χ4n) is 1.80. The molecule has 0 bridgehead atoms. The van der Waals surface area contributed by atoms with Crippen LogP contribution in [-0.4, -0.2) is 24.0 Å². The number of halogens is 1. The van der Waals surface area contributed by atoms with E-state index in [9.17, 15) is 4.79 Å². The van der Waals surface area contributed by atoms with E-state index in [1.165, 1.54) is 11.8 Å². The van der Waals surface area contributed by atoms with Gasteiger partial charge in [0.15, 0.2) is 0 Å². The standard InChI is InChI=1S/C17H15BrN2O2S/c18-14-4-2-6-16(10-14)22-7-8-23-12-17(21)20-15-5-1-3-13(9-15)11-19/h1-6,9-10H,7-8,12H2,(H,20,21). The Bertz CT molecular complexity index is 716. The van der Waals surface area contributed by atoms with Crippen LogP contribution in [0, 0.1) is 11.3 Å². The molecule has 23 heavy (non-hydrogen) atoms. The molecule has 2 aromatic rings. The van der Waals surface area contributed by atoms with Gasteiger partial charge in [-0.25, -0.2) is 0 Å². The van der Waals surface area contributed by atoms with Crippen LogP contribution in [0.15, 0.2) is 53.0 Å². The fourth-order valence-corrected chi connectivity index (χ4v) is 2.78. The second-order valence-corrected chi connectivity index (χ2v) is 6.62. The van der Waals surface area contributed by atoms with Crippen molar-refractivity contribution in [1.82, 2.24) is 0 Å². The highest BCUT2D eigenvalue weighted by Gasteiger charge is 2.03. The summed E-state index contributed by atoms with van der Waals surface area (Å²) in [6.07, 6.45) is 0. The molecule has 0 aromatic heterocycles. The quantitative estimate of drug-likeness (QED) is 0.723. The molecule has 0 saturated carbocycles. The molecular weight excluding hydrogens is 376 g/mol. The molecule has 0 heterocycles. The van der Waals surface area contributed by atoms with Gasteiger partial charge in [-0.1, -0.05) is 28.1 Å². The average Bonchev–Trinajstić information content (AvgIpc) is 2.55. The number of carbonyl (C=O) groups excluding carboxylic acids is 1. The number of ether oxygens (including phenoxy) is 1. The van der Waals surface area contributed by atoms with E-state index in [1.54, 1.807) is 24.3 Å². The van der Waals surface area contributed by atoms with Gasteiger partial charge in [-0.3, -0.25) is 4.79 Å². The van der Waals surface area contributed by atoms with Gasteiger partial charge in [-0.15, -0.1) is 11.8 Å². The minimum absolute atomic E-state index is 0.0902. The molecule has 2 rings (SSSR count). The number of nitriles is 1. The first-order valence-electron chi connectivity index (χ1n) is 6.93. The maximum atomic E-state index is 11.8. The van der Waals surface area contributed by atoms with E-state index in [1.807, 2.05) is 30.3 Å². The van der Waals surface area contributed by atoms with Crippen LogP contribution < -0.4 is 10.1 Å². The molecule has 1 amide bonds. The highest BCUT2D eigenvalue weighted by Crippen LogP contribution is 2.18. The Labute approximate surface area is 148 Å². The molecule has 118 valence electrons. The molecule has 0 aliphatic heterocycles. The first-order chi connectivity index (χ1) is 11.2. The van der Waals surface area contributed by atoms with E-state index >= 15 is 0 Å². The van der Waals surface area contributed by atoms with Crippen LogP contribution in [0.25, 0.3) is 0 Å². The maximum Gasteiger partial charge on any atom is 0.234 e.